The SMILES string of the molecule is CCC(C)(O)C(=O)Cc1ccc2ccccc2n1. The third-order valence-electron chi connectivity index (χ3n) is 3.29. The third-order valence-corrected chi connectivity index (χ3v) is 3.29. The summed E-state index contributed by atoms with van der Waals surface area (Å²) in [5, 5.41) is 10.9. The maximum absolute atomic E-state index is 11.9. The van der Waals surface area contributed by atoms with Gasteiger partial charge in [-0.1, -0.05) is 31.2 Å². The molecule has 0 radical (unpaired) electrons. The molecule has 0 fully saturated rings. The molecule has 0 aliphatic carbocycles. The molecular weight excluding hydrogens is 226 g/mol. The van der Waals surface area contributed by atoms with E-state index in [1.54, 1.807) is 13.8 Å². The number of para-hydroxylation sites is 1. The summed E-state index contributed by atoms with van der Waals surface area (Å²) >= 11 is 0. The van der Waals surface area contributed by atoms with Gasteiger partial charge < -0.3 is 5.11 Å². The first-order valence-electron chi connectivity index (χ1n) is 6.13. The summed E-state index contributed by atoms with van der Waals surface area (Å²) in [6, 6.07) is 11.6. The van der Waals surface area contributed by atoms with Crippen LogP contribution in [0.4, 0.5) is 0 Å². The zero-order valence-electron chi connectivity index (χ0n) is 10.7. The molecule has 2 aromatic rings. The summed E-state index contributed by atoms with van der Waals surface area (Å²) in [6.07, 6.45) is 0.588. The van der Waals surface area contributed by atoms with Crippen molar-refractivity contribution in [3.8, 4) is 0 Å². The average molecular weight is 243 g/mol. The number of rotatable bonds is 4. The number of nitrogens with zero attached hydrogens (tertiary/aromatic N) is 1. The minimum atomic E-state index is -1.26. The van der Waals surface area contributed by atoms with E-state index in [4.69, 9.17) is 0 Å². The van der Waals surface area contributed by atoms with Gasteiger partial charge in [0, 0.05) is 11.1 Å². The van der Waals surface area contributed by atoms with Crippen molar-refractivity contribution in [3.05, 3.63) is 42.1 Å². The Morgan fingerprint density at radius 1 is 1.28 bits per heavy atom. The van der Waals surface area contributed by atoms with Gasteiger partial charge in [0.05, 0.1) is 11.9 Å². The zero-order chi connectivity index (χ0) is 13.2. The molecule has 0 aliphatic rings. The van der Waals surface area contributed by atoms with Crippen molar-refractivity contribution in [1.29, 1.82) is 0 Å². The van der Waals surface area contributed by atoms with Crippen molar-refractivity contribution < 1.29 is 9.90 Å². The van der Waals surface area contributed by atoms with E-state index in [9.17, 15) is 9.90 Å². The normalized spacial score (nSPS) is 14.4. The Morgan fingerprint density at radius 2 is 2.00 bits per heavy atom. The van der Waals surface area contributed by atoms with E-state index >= 15 is 0 Å². The van der Waals surface area contributed by atoms with Crippen molar-refractivity contribution in [2.24, 2.45) is 0 Å². The van der Waals surface area contributed by atoms with Crippen LogP contribution in [0, 0.1) is 0 Å². The summed E-state index contributed by atoms with van der Waals surface area (Å²) in [5.41, 5.74) is 0.319. The number of fused-ring (bicyclic) bond motifs is 1. The first kappa shape index (κ1) is 12.7. The predicted octanol–water partition coefficient (Wildman–Crippen LogP) is 2.51. The molecule has 1 aromatic carbocycles. The van der Waals surface area contributed by atoms with Crippen LogP contribution in [-0.4, -0.2) is 21.5 Å². The number of carbonyl (C=O) groups excluding carboxylic acids is 1. The van der Waals surface area contributed by atoms with Crippen LogP contribution in [0.25, 0.3) is 10.9 Å². The van der Waals surface area contributed by atoms with Crippen LogP contribution in [0.2, 0.25) is 0 Å². The Bertz CT molecular complexity index is 575. The number of ketones is 1. The summed E-state index contributed by atoms with van der Waals surface area (Å²) in [4.78, 5) is 16.3. The second kappa shape index (κ2) is 4.86. The molecule has 0 amide bonds. The molecule has 1 N–H and O–H groups in total. The Morgan fingerprint density at radius 3 is 2.72 bits per heavy atom. The monoisotopic (exact) mass is 243 g/mol. The molecule has 1 unspecified atom stereocenters. The largest absolute Gasteiger partial charge is 0.382 e. The number of pyridine rings is 1. The van der Waals surface area contributed by atoms with E-state index in [1.807, 2.05) is 36.4 Å². The fourth-order valence-corrected chi connectivity index (χ4v) is 1.76. The van der Waals surface area contributed by atoms with E-state index in [0.29, 0.717) is 12.1 Å². The first-order valence-corrected chi connectivity index (χ1v) is 6.13. The minimum Gasteiger partial charge on any atom is -0.382 e. The Labute approximate surface area is 106 Å². The van der Waals surface area contributed by atoms with Crippen LogP contribution in [-0.2, 0) is 11.2 Å². The van der Waals surface area contributed by atoms with Gasteiger partial charge in [0.15, 0.2) is 5.78 Å². The molecule has 3 nitrogen and oxygen atoms in total. The van der Waals surface area contributed by atoms with Crippen molar-refractivity contribution in [3.63, 3.8) is 0 Å². The summed E-state index contributed by atoms with van der Waals surface area (Å²) < 4.78 is 0. The molecule has 1 atom stereocenters. The van der Waals surface area contributed by atoms with Gasteiger partial charge in [0.25, 0.3) is 0 Å². The van der Waals surface area contributed by atoms with Gasteiger partial charge in [-0.2, -0.15) is 0 Å². The molecule has 94 valence electrons. The fourth-order valence-electron chi connectivity index (χ4n) is 1.76. The highest BCUT2D eigenvalue weighted by atomic mass is 16.3. The number of hydrogen-bond acceptors (Lipinski definition) is 3. The van der Waals surface area contributed by atoms with E-state index < -0.39 is 5.60 Å². The second-order valence-corrected chi connectivity index (χ2v) is 4.72. The molecule has 0 spiro atoms. The van der Waals surface area contributed by atoms with Crippen molar-refractivity contribution in [2.75, 3.05) is 0 Å². The average Bonchev–Trinajstić information content (AvgIpc) is 2.38. The van der Waals surface area contributed by atoms with E-state index in [0.717, 1.165) is 10.9 Å². The molecule has 0 aliphatic heterocycles. The van der Waals surface area contributed by atoms with Gasteiger partial charge >= 0.3 is 0 Å². The first-order chi connectivity index (χ1) is 8.53. The Hall–Kier alpha value is -1.74. The van der Waals surface area contributed by atoms with E-state index in [-0.39, 0.29) is 12.2 Å². The maximum atomic E-state index is 11.9. The van der Waals surface area contributed by atoms with Crippen LogP contribution in [0.15, 0.2) is 36.4 Å². The zero-order valence-corrected chi connectivity index (χ0v) is 10.7. The quantitative estimate of drug-likeness (QED) is 0.897. The van der Waals surface area contributed by atoms with Crippen molar-refractivity contribution in [2.45, 2.75) is 32.3 Å². The molecule has 1 heterocycles. The minimum absolute atomic E-state index is 0.172. The highest BCUT2D eigenvalue weighted by molar-refractivity contribution is 5.88. The number of aliphatic hydroxyl groups is 1. The lowest BCUT2D eigenvalue weighted by Crippen LogP contribution is -2.35. The number of aromatic nitrogens is 1. The van der Waals surface area contributed by atoms with Gasteiger partial charge in [0.2, 0.25) is 0 Å². The third kappa shape index (κ3) is 2.57. The smallest absolute Gasteiger partial charge is 0.169 e. The van der Waals surface area contributed by atoms with Crippen molar-refractivity contribution in [1.82, 2.24) is 4.98 Å². The van der Waals surface area contributed by atoms with Crippen LogP contribution in [0.3, 0.4) is 0 Å². The topological polar surface area (TPSA) is 50.2 Å². The second-order valence-electron chi connectivity index (χ2n) is 4.72. The summed E-state index contributed by atoms with van der Waals surface area (Å²) in [6.45, 7) is 3.35. The van der Waals surface area contributed by atoms with Gasteiger partial charge in [-0.3, -0.25) is 9.78 Å². The summed E-state index contributed by atoms with van der Waals surface area (Å²) in [7, 11) is 0. The molecule has 0 bridgehead atoms. The Kier molecular flexibility index (Phi) is 3.43. The summed E-state index contributed by atoms with van der Waals surface area (Å²) in [5.74, 6) is -0.187. The van der Waals surface area contributed by atoms with Crippen LogP contribution in [0.5, 0.6) is 0 Å². The highest BCUT2D eigenvalue weighted by Crippen LogP contribution is 2.16. The lowest BCUT2D eigenvalue weighted by atomic mass is 9.94. The molecular formula is C15H17NO2. The fraction of sp³-hybridized carbons (Fsp3) is 0.333. The van der Waals surface area contributed by atoms with E-state index in [1.165, 1.54) is 0 Å². The molecule has 3 heteroatoms. The van der Waals surface area contributed by atoms with Crippen molar-refractivity contribution >= 4 is 16.7 Å². The van der Waals surface area contributed by atoms with Crippen LogP contribution >= 0.6 is 0 Å². The maximum Gasteiger partial charge on any atom is 0.169 e. The number of benzene rings is 1. The van der Waals surface area contributed by atoms with Gasteiger partial charge in [-0.25, -0.2) is 0 Å². The van der Waals surface area contributed by atoms with Gasteiger partial charge in [-0.15, -0.1) is 0 Å². The van der Waals surface area contributed by atoms with Crippen LogP contribution in [0.1, 0.15) is 26.0 Å². The molecule has 2 rings (SSSR count). The standard InChI is InChI=1S/C15H17NO2/c1-3-15(2,18)14(17)10-12-9-8-11-6-4-5-7-13(11)16-12/h4-9,18H,3,10H2,1-2H3. The molecule has 18 heavy (non-hydrogen) atoms. The Balaban J connectivity index is 2.25. The van der Waals surface area contributed by atoms with E-state index in [2.05, 4.69) is 4.98 Å². The lowest BCUT2D eigenvalue weighted by molar-refractivity contribution is -0.135. The highest BCUT2D eigenvalue weighted by Gasteiger charge is 2.27. The van der Waals surface area contributed by atoms with Crippen LogP contribution < -0.4 is 0 Å². The number of Topliss-reactive ketones (excluding diaryl/α,β-unsaturated/α-hetero) is 1. The molecule has 0 saturated carbocycles. The number of carbonyl (C=O) groups is 1. The predicted molar refractivity (Wildman–Crippen MR) is 71.4 cm³/mol. The van der Waals surface area contributed by atoms with Gasteiger partial charge in [0.1, 0.15) is 5.60 Å². The molecule has 1 aromatic heterocycles. The lowest BCUT2D eigenvalue weighted by Gasteiger charge is -2.19. The number of hydrogen-bond donors (Lipinski definition) is 1. The molecule has 0 saturated heterocycles. The van der Waals surface area contributed by atoms with Gasteiger partial charge in [-0.05, 0) is 25.5 Å².